The topological polar surface area (TPSA) is 104 Å². The second kappa shape index (κ2) is 8.79. The lowest BCUT2D eigenvalue weighted by molar-refractivity contribution is -0.0501. The minimum Gasteiger partial charge on any atom is -0.479 e. The van der Waals surface area contributed by atoms with Gasteiger partial charge >= 0.3 is 6.61 Å². The van der Waals surface area contributed by atoms with Gasteiger partial charge in [-0.25, -0.2) is 26.1 Å². The molecule has 0 aliphatic carbocycles. The molecule has 0 bridgehead atoms. The third kappa shape index (κ3) is 5.04. The quantitative estimate of drug-likeness (QED) is 0.479. The van der Waals surface area contributed by atoms with E-state index in [2.05, 4.69) is 24.3 Å². The first-order chi connectivity index (χ1) is 15.7. The summed E-state index contributed by atoms with van der Waals surface area (Å²) >= 11 is 0. The van der Waals surface area contributed by atoms with Crippen molar-refractivity contribution in [3.05, 3.63) is 36.4 Å². The van der Waals surface area contributed by atoms with Crippen LogP contribution >= 0.6 is 0 Å². The summed E-state index contributed by atoms with van der Waals surface area (Å²) in [6.45, 7) is -4.41. The Balaban J connectivity index is 1.99. The average molecular weight is 471 g/mol. The van der Waals surface area contributed by atoms with Crippen LogP contribution in [0, 0.1) is 5.82 Å². The molecule has 3 heterocycles. The van der Waals surface area contributed by atoms with E-state index in [1.807, 2.05) is 4.72 Å². The average Bonchev–Trinajstić information content (AvgIpc) is 3.11. The Morgan fingerprint density at radius 1 is 1.26 bits per heavy atom. The lowest BCUT2D eigenvalue weighted by Crippen LogP contribution is -2.15. The van der Waals surface area contributed by atoms with Crippen LogP contribution in [0.1, 0.15) is 4.11 Å². The number of anilines is 1. The van der Waals surface area contributed by atoms with Crippen molar-refractivity contribution < 1.29 is 48.7 Å². The van der Waals surface area contributed by atoms with Crippen LogP contribution < -0.4 is 18.9 Å². The second-order valence-electron chi connectivity index (χ2n) is 5.62. The highest BCUT2D eigenvalue weighted by Gasteiger charge is 2.24. The number of hydrogen-bond donors (Lipinski definition) is 1. The lowest BCUT2D eigenvalue weighted by atomic mass is 10.4. The van der Waals surface area contributed by atoms with Crippen LogP contribution in [0.25, 0.3) is 5.52 Å². The first kappa shape index (κ1) is 18.4. The normalized spacial score (nSPS) is 13.7. The van der Waals surface area contributed by atoms with Crippen molar-refractivity contribution in [2.45, 2.75) is 17.9 Å². The molecule has 0 saturated carbocycles. The predicted octanol–water partition coefficient (Wildman–Crippen LogP) is 2.92. The van der Waals surface area contributed by atoms with Crippen LogP contribution in [0.5, 0.6) is 17.5 Å². The molecule has 0 aromatic carbocycles. The SMILES string of the molecule is [2H]C([2H])([2H])Oc1nc(OCC(F)F)c(F)cc1NS(=O)(=O)c1cnn2cc(OC(F)F)ccc12. The molecule has 0 unspecified atom stereocenters. The molecule has 15 heteroatoms. The molecule has 3 aromatic rings. The summed E-state index contributed by atoms with van der Waals surface area (Å²) in [7, 11) is -7.80. The van der Waals surface area contributed by atoms with E-state index in [0.29, 0.717) is 6.07 Å². The molecule has 3 rings (SSSR count). The van der Waals surface area contributed by atoms with Gasteiger partial charge in [-0.2, -0.15) is 18.9 Å². The molecule has 168 valence electrons. The summed E-state index contributed by atoms with van der Waals surface area (Å²) in [6, 6.07) is 2.56. The van der Waals surface area contributed by atoms with E-state index >= 15 is 0 Å². The van der Waals surface area contributed by atoms with Crippen LogP contribution in [0.4, 0.5) is 27.6 Å². The Kier molecular flexibility index (Phi) is 5.22. The first-order valence-corrected chi connectivity index (χ1v) is 9.49. The third-order valence-electron chi connectivity index (χ3n) is 3.56. The van der Waals surface area contributed by atoms with Crippen molar-refractivity contribution in [3.63, 3.8) is 0 Å². The molecule has 0 radical (unpaired) electrons. The van der Waals surface area contributed by atoms with Crippen molar-refractivity contribution in [2.75, 3.05) is 18.4 Å². The van der Waals surface area contributed by atoms with Gasteiger partial charge in [-0.3, -0.25) is 4.72 Å². The Labute approximate surface area is 175 Å². The van der Waals surface area contributed by atoms with Gasteiger partial charge in [0, 0.05) is 6.07 Å². The number of aromatic nitrogens is 3. The highest BCUT2D eigenvalue weighted by molar-refractivity contribution is 7.93. The van der Waals surface area contributed by atoms with Gasteiger partial charge in [-0.15, -0.1) is 0 Å². The number of nitrogens with zero attached hydrogens (tertiary/aromatic N) is 3. The van der Waals surface area contributed by atoms with Crippen LogP contribution in [0.15, 0.2) is 35.5 Å². The molecule has 31 heavy (non-hydrogen) atoms. The number of hydrogen-bond acceptors (Lipinski definition) is 7. The molecule has 0 atom stereocenters. The zero-order valence-electron chi connectivity index (χ0n) is 17.9. The summed E-state index contributed by atoms with van der Waals surface area (Å²) in [6.07, 6.45) is -1.20. The van der Waals surface area contributed by atoms with Crippen molar-refractivity contribution in [1.29, 1.82) is 0 Å². The monoisotopic (exact) mass is 471 g/mol. The minimum absolute atomic E-state index is 0.113. The predicted molar refractivity (Wildman–Crippen MR) is 94.9 cm³/mol. The Bertz CT molecular complexity index is 1290. The summed E-state index contributed by atoms with van der Waals surface area (Å²) in [5.41, 5.74) is -0.909. The molecule has 0 aliphatic heterocycles. The lowest BCUT2D eigenvalue weighted by Gasteiger charge is -2.13. The first-order valence-electron chi connectivity index (χ1n) is 9.51. The van der Waals surface area contributed by atoms with Gasteiger partial charge in [0.2, 0.25) is 5.88 Å². The Morgan fingerprint density at radius 3 is 2.71 bits per heavy atom. The van der Waals surface area contributed by atoms with Crippen molar-refractivity contribution in [2.24, 2.45) is 0 Å². The number of halogens is 5. The molecular formula is C16H13F5N4O5S. The van der Waals surface area contributed by atoms with Gasteiger partial charge in [-0.05, 0) is 12.1 Å². The fourth-order valence-electron chi connectivity index (χ4n) is 2.37. The standard InChI is InChI=1S/C16H13F5N4O5S/c1-28-15-10(4-9(17)14(23-15)29-7-13(18)19)24-31(26,27)12-5-22-25-6-8(30-16(20)21)2-3-11(12)25/h2-6,13,16,24H,7H2,1H3/i1D3. The molecule has 3 aromatic heterocycles. The number of sulfonamides is 1. The zero-order chi connectivity index (χ0) is 25.3. The molecule has 0 spiro atoms. The number of alkyl halides is 4. The van der Waals surface area contributed by atoms with Crippen LogP contribution in [0.2, 0.25) is 0 Å². The Morgan fingerprint density at radius 2 is 2.03 bits per heavy atom. The van der Waals surface area contributed by atoms with Gasteiger partial charge in [0.1, 0.15) is 16.3 Å². The molecular weight excluding hydrogens is 455 g/mol. The zero-order valence-corrected chi connectivity index (χ0v) is 15.7. The van der Waals surface area contributed by atoms with Crippen molar-refractivity contribution in [3.8, 4) is 17.5 Å². The Hall–Kier alpha value is -3.36. The maximum absolute atomic E-state index is 14.3. The number of ether oxygens (including phenoxy) is 3. The molecule has 9 nitrogen and oxygen atoms in total. The van der Waals surface area contributed by atoms with E-state index in [1.54, 1.807) is 0 Å². The number of pyridine rings is 2. The van der Waals surface area contributed by atoms with Crippen LogP contribution in [0.3, 0.4) is 0 Å². The number of fused-ring (bicyclic) bond motifs is 1. The molecule has 1 N–H and O–H groups in total. The molecule has 0 saturated heterocycles. The number of nitrogens with one attached hydrogen (secondary N) is 1. The maximum atomic E-state index is 14.3. The fraction of sp³-hybridized carbons (Fsp3) is 0.250. The number of methoxy groups -OCH3 is 1. The summed E-state index contributed by atoms with van der Waals surface area (Å²) in [4.78, 5) is 2.83. The van der Waals surface area contributed by atoms with E-state index in [1.165, 1.54) is 0 Å². The van der Waals surface area contributed by atoms with Crippen molar-refractivity contribution in [1.82, 2.24) is 14.6 Å². The van der Waals surface area contributed by atoms with Gasteiger partial charge in [0.25, 0.3) is 22.3 Å². The van der Waals surface area contributed by atoms with Gasteiger partial charge < -0.3 is 14.2 Å². The molecule has 0 fully saturated rings. The largest absolute Gasteiger partial charge is 0.479 e. The minimum atomic E-state index is -4.62. The van der Waals surface area contributed by atoms with E-state index in [-0.39, 0.29) is 11.3 Å². The van der Waals surface area contributed by atoms with Crippen molar-refractivity contribution >= 4 is 21.2 Å². The van der Waals surface area contributed by atoms with Gasteiger partial charge in [0.15, 0.2) is 12.4 Å². The van der Waals surface area contributed by atoms with Crippen LogP contribution in [-0.4, -0.2) is 49.7 Å². The maximum Gasteiger partial charge on any atom is 0.387 e. The fourth-order valence-corrected chi connectivity index (χ4v) is 3.54. The molecule has 0 aliphatic rings. The second-order valence-corrected chi connectivity index (χ2v) is 7.27. The smallest absolute Gasteiger partial charge is 0.387 e. The van der Waals surface area contributed by atoms with E-state index < -0.39 is 64.9 Å². The highest BCUT2D eigenvalue weighted by atomic mass is 32.2. The van der Waals surface area contributed by atoms with E-state index in [9.17, 15) is 30.4 Å². The molecule has 0 amide bonds. The van der Waals surface area contributed by atoms with Gasteiger partial charge in [-0.1, -0.05) is 0 Å². The number of rotatable bonds is 9. The van der Waals surface area contributed by atoms with E-state index in [4.69, 9.17) is 4.11 Å². The van der Waals surface area contributed by atoms with Gasteiger partial charge in [0.05, 0.1) is 29.1 Å². The highest BCUT2D eigenvalue weighted by Crippen LogP contribution is 2.31. The van der Waals surface area contributed by atoms with E-state index in [0.717, 1.165) is 29.0 Å². The summed E-state index contributed by atoms with van der Waals surface area (Å²) < 4.78 is 127. The third-order valence-corrected chi connectivity index (χ3v) is 4.95. The summed E-state index contributed by atoms with van der Waals surface area (Å²) in [5.74, 6) is -3.75. The van der Waals surface area contributed by atoms with Crippen LogP contribution in [-0.2, 0) is 10.0 Å². The summed E-state index contributed by atoms with van der Waals surface area (Å²) in [5, 5.41) is 3.72.